The first-order valence-electron chi connectivity index (χ1n) is 7.00. The van der Waals surface area contributed by atoms with Crippen LogP contribution in [0.3, 0.4) is 0 Å². The lowest BCUT2D eigenvalue weighted by molar-refractivity contribution is 0.341. The zero-order valence-corrected chi connectivity index (χ0v) is 12.1. The second-order valence-electron chi connectivity index (χ2n) is 4.60. The molecule has 22 heavy (non-hydrogen) atoms. The summed E-state index contributed by atoms with van der Waals surface area (Å²) in [5.74, 6) is 0.819. The van der Waals surface area contributed by atoms with E-state index in [-0.39, 0.29) is 5.75 Å². The molecule has 2 aromatic carbocycles. The van der Waals surface area contributed by atoms with Gasteiger partial charge in [0.2, 0.25) is 0 Å². The predicted octanol–water partition coefficient (Wildman–Crippen LogP) is 4.75. The zero-order valence-electron chi connectivity index (χ0n) is 12.1. The molecule has 5 nitrogen and oxygen atoms in total. The van der Waals surface area contributed by atoms with Crippen LogP contribution in [0.1, 0.15) is 6.92 Å². The summed E-state index contributed by atoms with van der Waals surface area (Å²) in [6.45, 7) is 2.49. The number of fused-ring (bicyclic) bond motifs is 1. The molecule has 0 aliphatic heterocycles. The fourth-order valence-corrected chi connectivity index (χ4v) is 2.15. The maximum atomic E-state index is 9.84. The summed E-state index contributed by atoms with van der Waals surface area (Å²) in [6.07, 6.45) is 1.63. The lowest BCUT2D eigenvalue weighted by Gasteiger charge is -2.05. The number of ether oxygens (including phenoxy) is 1. The Bertz CT molecular complexity index is 831. The summed E-state index contributed by atoms with van der Waals surface area (Å²) >= 11 is 0. The highest BCUT2D eigenvalue weighted by atomic mass is 16.5. The molecule has 3 aromatic rings. The third-order valence-electron chi connectivity index (χ3n) is 3.16. The average Bonchev–Trinajstić information content (AvgIpc) is 2.56. The fourth-order valence-electron chi connectivity index (χ4n) is 2.15. The van der Waals surface area contributed by atoms with Crippen LogP contribution in [0.2, 0.25) is 0 Å². The average molecular weight is 293 g/mol. The lowest BCUT2D eigenvalue weighted by Crippen LogP contribution is -1.90. The van der Waals surface area contributed by atoms with Gasteiger partial charge in [0.15, 0.2) is 0 Å². The van der Waals surface area contributed by atoms with E-state index in [1.54, 1.807) is 24.4 Å². The molecule has 0 saturated carbocycles. The van der Waals surface area contributed by atoms with Crippen LogP contribution in [0.25, 0.3) is 10.9 Å². The normalized spacial score (nSPS) is 11.1. The number of hydrogen-bond acceptors (Lipinski definition) is 5. The molecular formula is C17H15N3O2. The molecule has 0 bridgehead atoms. The Kier molecular flexibility index (Phi) is 3.96. The molecule has 5 heteroatoms. The van der Waals surface area contributed by atoms with Gasteiger partial charge in [-0.15, -0.1) is 10.2 Å². The number of benzene rings is 2. The first kappa shape index (κ1) is 14.0. The SMILES string of the molecule is CCOc1ccccc1N=Nc1ccc(O)c2ncccc12. The summed E-state index contributed by atoms with van der Waals surface area (Å²) in [5.41, 5.74) is 1.82. The maximum absolute atomic E-state index is 9.84. The third kappa shape index (κ3) is 2.74. The Labute approximate surface area is 127 Å². The van der Waals surface area contributed by atoms with Crippen LogP contribution >= 0.6 is 0 Å². The number of para-hydroxylation sites is 1. The molecule has 0 fully saturated rings. The number of azo groups is 1. The Morgan fingerprint density at radius 2 is 1.82 bits per heavy atom. The molecule has 3 rings (SSSR count). The summed E-state index contributed by atoms with van der Waals surface area (Å²) < 4.78 is 5.53. The standard InChI is InChI=1S/C17H15N3O2/c1-2-22-16-8-4-3-7-14(16)20-19-13-9-10-15(21)17-12(13)6-5-11-18-17/h3-11,21H,2H2,1H3. The molecule has 1 heterocycles. The van der Waals surface area contributed by atoms with Crippen molar-refractivity contribution in [3.05, 3.63) is 54.7 Å². The van der Waals surface area contributed by atoms with E-state index in [0.29, 0.717) is 29.2 Å². The number of nitrogens with zero attached hydrogens (tertiary/aromatic N) is 3. The van der Waals surface area contributed by atoms with Gasteiger partial charge in [-0.05, 0) is 43.3 Å². The van der Waals surface area contributed by atoms with Crippen molar-refractivity contribution in [2.24, 2.45) is 10.2 Å². The maximum Gasteiger partial charge on any atom is 0.146 e. The minimum absolute atomic E-state index is 0.129. The van der Waals surface area contributed by atoms with Crippen molar-refractivity contribution in [2.45, 2.75) is 6.92 Å². The largest absolute Gasteiger partial charge is 0.506 e. The smallest absolute Gasteiger partial charge is 0.146 e. The summed E-state index contributed by atoms with van der Waals surface area (Å²) in [4.78, 5) is 4.17. The van der Waals surface area contributed by atoms with Gasteiger partial charge in [0.25, 0.3) is 0 Å². The monoisotopic (exact) mass is 293 g/mol. The van der Waals surface area contributed by atoms with Crippen molar-refractivity contribution in [3.63, 3.8) is 0 Å². The van der Waals surface area contributed by atoms with Gasteiger partial charge in [-0.3, -0.25) is 4.98 Å². The van der Waals surface area contributed by atoms with E-state index in [4.69, 9.17) is 4.74 Å². The summed E-state index contributed by atoms with van der Waals surface area (Å²) in [7, 11) is 0. The van der Waals surface area contributed by atoms with E-state index >= 15 is 0 Å². The van der Waals surface area contributed by atoms with Gasteiger partial charge < -0.3 is 9.84 Å². The highest BCUT2D eigenvalue weighted by Gasteiger charge is 2.06. The van der Waals surface area contributed by atoms with Crippen molar-refractivity contribution in [1.82, 2.24) is 4.98 Å². The summed E-state index contributed by atoms with van der Waals surface area (Å²) in [5, 5.41) is 19.1. The second kappa shape index (κ2) is 6.22. The molecule has 0 atom stereocenters. The molecule has 0 radical (unpaired) electrons. The molecule has 0 spiro atoms. The minimum atomic E-state index is 0.129. The van der Waals surface area contributed by atoms with Gasteiger partial charge in [-0.2, -0.15) is 0 Å². The molecule has 1 N–H and O–H groups in total. The minimum Gasteiger partial charge on any atom is -0.506 e. The topological polar surface area (TPSA) is 67.1 Å². The Morgan fingerprint density at radius 1 is 1.00 bits per heavy atom. The Morgan fingerprint density at radius 3 is 2.68 bits per heavy atom. The molecule has 1 aromatic heterocycles. The zero-order chi connectivity index (χ0) is 15.4. The fraction of sp³-hybridized carbons (Fsp3) is 0.118. The Balaban J connectivity index is 2.02. The first-order valence-corrected chi connectivity index (χ1v) is 7.00. The van der Waals surface area contributed by atoms with Crippen molar-refractivity contribution < 1.29 is 9.84 Å². The predicted molar refractivity (Wildman–Crippen MR) is 85.2 cm³/mol. The Hall–Kier alpha value is -2.95. The van der Waals surface area contributed by atoms with E-state index in [9.17, 15) is 5.11 Å². The quantitative estimate of drug-likeness (QED) is 0.705. The first-order chi connectivity index (χ1) is 10.8. The van der Waals surface area contributed by atoms with Crippen LogP contribution < -0.4 is 4.74 Å². The molecular weight excluding hydrogens is 278 g/mol. The van der Waals surface area contributed by atoms with Gasteiger partial charge in [0.1, 0.15) is 22.7 Å². The van der Waals surface area contributed by atoms with E-state index in [0.717, 1.165) is 5.39 Å². The lowest BCUT2D eigenvalue weighted by atomic mass is 10.2. The number of phenolic OH excluding ortho intramolecular Hbond substituents is 1. The second-order valence-corrected chi connectivity index (χ2v) is 4.60. The number of rotatable bonds is 4. The molecule has 0 amide bonds. The van der Waals surface area contributed by atoms with Crippen molar-refractivity contribution in [2.75, 3.05) is 6.61 Å². The number of phenols is 1. The van der Waals surface area contributed by atoms with Crippen molar-refractivity contribution in [1.29, 1.82) is 0 Å². The van der Waals surface area contributed by atoms with Gasteiger partial charge >= 0.3 is 0 Å². The molecule has 110 valence electrons. The van der Waals surface area contributed by atoms with Gasteiger partial charge in [0, 0.05) is 11.6 Å². The van der Waals surface area contributed by atoms with Gasteiger partial charge in [-0.1, -0.05) is 12.1 Å². The van der Waals surface area contributed by atoms with Crippen LogP contribution in [0.15, 0.2) is 65.0 Å². The van der Waals surface area contributed by atoms with Crippen LogP contribution in [0.5, 0.6) is 11.5 Å². The van der Waals surface area contributed by atoms with Crippen molar-refractivity contribution in [3.8, 4) is 11.5 Å². The van der Waals surface area contributed by atoms with Gasteiger partial charge in [-0.25, -0.2) is 0 Å². The number of hydrogen-bond donors (Lipinski definition) is 1. The van der Waals surface area contributed by atoms with E-state index in [1.807, 2.05) is 37.3 Å². The number of aromatic hydroxyl groups is 1. The molecule has 0 aliphatic rings. The highest BCUT2D eigenvalue weighted by molar-refractivity contribution is 5.93. The van der Waals surface area contributed by atoms with Crippen LogP contribution in [0, 0.1) is 0 Å². The van der Waals surface area contributed by atoms with E-state index < -0.39 is 0 Å². The third-order valence-corrected chi connectivity index (χ3v) is 3.16. The van der Waals surface area contributed by atoms with Crippen LogP contribution in [-0.2, 0) is 0 Å². The molecule has 0 saturated heterocycles. The van der Waals surface area contributed by atoms with Gasteiger partial charge in [0.05, 0.1) is 12.3 Å². The number of aromatic nitrogens is 1. The summed E-state index contributed by atoms with van der Waals surface area (Å²) in [6, 6.07) is 14.4. The van der Waals surface area contributed by atoms with Crippen LogP contribution in [0.4, 0.5) is 11.4 Å². The van der Waals surface area contributed by atoms with Crippen molar-refractivity contribution >= 4 is 22.3 Å². The molecule has 0 unspecified atom stereocenters. The highest BCUT2D eigenvalue weighted by Crippen LogP contribution is 2.33. The van der Waals surface area contributed by atoms with Crippen LogP contribution in [-0.4, -0.2) is 16.7 Å². The van der Waals surface area contributed by atoms with E-state index in [2.05, 4.69) is 15.2 Å². The van der Waals surface area contributed by atoms with E-state index in [1.165, 1.54) is 0 Å². The number of pyridine rings is 1. The molecule has 0 aliphatic carbocycles.